The maximum absolute atomic E-state index is 8.96. The molecule has 0 spiro atoms. The van der Waals surface area contributed by atoms with Gasteiger partial charge in [-0.25, -0.2) is 0 Å². The van der Waals surface area contributed by atoms with E-state index in [2.05, 4.69) is 39.9 Å². The van der Waals surface area contributed by atoms with E-state index in [0.29, 0.717) is 5.56 Å². The standard InChI is InChI=1S/C16H14BrClN2/c1-11(12-4-3-5-14(18)8-12)20(2)15-7-6-13(10-19)16(17)9-15/h3-9,11H,1-2H3. The Labute approximate surface area is 132 Å². The molecule has 1 atom stereocenters. The van der Waals surface area contributed by atoms with Crippen molar-refractivity contribution in [2.45, 2.75) is 13.0 Å². The molecule has 0 heterocycles. The van der Waals surface area contributed by atoms with Gasteiger partial charge in [-0.15, -0.1) is 0 Å². The molecular formula is C16H14BrClN2. The highest BCUT2D eigenvalue weighted by atomic mass is 79.9. The Bertz CT molecular complexity index is 664. The van der Waals surface area contributed by atoms with Crippen LogP contribution in [0.1, 0.15) is 24.1 Å². The van der Waals surface area contributed by atoms with Crippen molar-refractivity contribution < 1.29 is 0 Å². The first-order valence-corrected chi connectivity index (χ1v) is 7.38. The zero-order chi connectivity index (χ0) is 14.7. The number of anilines is 1. The first-order chi connectivity index (χ1) is 9.52. The van der Waals surface area contributed by atoms with Gasteiger partial charge in [0.05, 0.1) is 11.6 Å². The van der Waals surface area contributed by atoms with Crippen molar-refractivity contribution in [3.8, 4) is 6.07 Å². The largest absolute Gasteiger partial charge is 0.368 e. The molecule has 0 aliphatic heterocycles. The van der Waals surface area contributed by atoms with Crippen LogP contribution < -0.4 is 4.90 Å². The molecule has 0 aromatic heterocycles. The van der Waals surface area contributed by atoms with Gasteiger partial charge in [-0.2, -0.15) is 5.26 Å². The van der Waals surface area contributed by atoms with Crippen molar-refractivity contribution in [1.82, 2.24) is 0 Å². The van der Waals surface area contributed by atoms with E-state index in [1.54, 1.807) is 0 Å². The summed E-state index contributed by atoms with van der Waals surface area (Å²) in [5.41, 5.74) is 2.83. The number of nitrogens with zero attached hydrogens (tertiary/aromatic N) is 2. The first-order valence-electron chi connectivity index (χ1n) is 6.21. The Kier molecular flexibility index (Phi) is 4.69. The van der Waals surface area contributed by atoms with Crippen molar-refractivity contribution in [2.24, 2.45) is 0 Å². The molecule has 0 N–H and O–H groups in total. The lowest BCUT2D eigenvalue weighted by atomic mass is 10.1. The van der Waals surface area contributed by atoms with E-state index in [-0.39, 0.29) is 6.04 Å². The highest BCUT2D eigenvalue weighted by molar-refractivity contribution is 9.10. The summed E-state index contributed by atoms with van der Waals surface area (Å²) in [6, 6.07) is 15.9. The fraction of sp³-hybridized carbons (Fsp3) is 0.188. The third-order valence-corrected chi connectivity index (χ3v) is 4.28. The van der Waals surface area contributed by atoms with Crippen LogP contribution in [0.4, 0.5) is 5.69 Å². The predicted molar refractivity (Wildman–Crippen MR) is 87.1 cm³/mol. The van der Waals surface area contributed by atoms with Gasteiger partial charge >= 0.3 is 0 Å². The lowest BCUT2D eigenvalue weighted by Gasteiger charge is -2.28. The molecule has 2 rings (SSSR count). The lowest BCUT2D eigenvalue weighted by molar-refractivity contribution is 0.739. The monoisotopic (exact) mass is 348 g/mol. The minimum atomic E-state index is 0.188. The smallest absolute Gasteiger partial charge is 0.100 e. The molecule has 20 heavy (non-hydrogen) atoms. The Morgan fingerprint density at radius 3 is 2.60 bits per heavy atom. The zero-order valence-electron chi connectivity index (χ0n) is 11.3. The maximum atomic E-state index is 8.96. The van der Waals surface area contributed by atoms with E-state index in [0.717, 1.165) is 20.7 Å². The quantitative estimate of drug-likeness (QED) is 0.764. The third kappa shape index (κ3) is 3.15. The van der Waals surface area contributed by atoms with Gasteiger partial charge in [-0.1, -0.05) is 23.7 Å². The SMILES string of the molecule is CC(c1cccc(Cl)c1)N(C)c1ccc(C#N)c(Br)c1. The van der Waals surface area contributed by atoms with E-state index in [1.165, 1.54) is 0 Å². The normalized spacial score (nSPS) is 11.8. The van der Waals surface area contributed by atoms with Crippen molar-refractivity contribution >= 4 is 33.2 Å². The van der Waals surface area contributed by atoms with Crippen LogP contribution in [-0.4, -0.2) is 7.05 Å². The molecule has 2 aromatic carbocycles. The zero-order valence-corrected chi connectivity index (χ0v) is 13.6. The Morgan fingerprint density at radius 1 is 1.25 bits per heavy atom. The van der Waals surface area contributed by atoms with Crippen molar-refractivity contribution in [1.29, 1.82) is 5.26 Å². The number of halogens is 2. The number of nitriles is 1. The van der Waals surface area contributed by atoms with Gasteiger partial charge in [-0.05, 0) is 58.7 Å². The minimum Gasteiger partial charge on any atom is -0.368 e. The van der Waals surface area contributed by atoms with Crippen LogP contribution in [0.3, 0.4) is 0 Å². The Morgan fingerprint density at radius 2 is 2.00 bits per heavy atom. The van der Waals surface area contributed by atoms with Crippen molar-refractivity contribution in [2.75, 3.05) is 11.9 Å². The highest BCUT2D eigenvalue weighted by Gasteiger charge is 2.13. The van der Waals surface area contributed by atoms with Gasteiger partial charge < -0.3 is 4.90 Å². The summed E-state index contributed by atoms with van der Waals surface area (Å²) in [5, 5.41) is 9.70. The summed E-state index contributed by atoms with van der Waals surface area (Å²) < 4.78 is 0.808. The average molecular weight is 350 g/mol. The molecular weight excluding hydrogens is 336 g/mol. The summed E-state index contributed by atoms with van der Waals surface area (Å²) in [7, 11) is 2.03. The van der Waals surface area contributed by atoms with Crippen LogP contribution in [0.5, 0.6) is 0 Å². The molecule has 102 valence electrons. The fourth-order valence-electron chi connectivity index (χ4n) is 2.03. The molecule has 0 saturated carbocycles. The molecule has 0 bridgehead atoms. The Balaban J connectivity index is 2.29. The van der Waals surface area contributed by atoms with E-state index in [1.807, 2.05) is 43.4 Å². The Hall–Kier alpha value is -1.50. The lowest BCUT2D eigenvalue weighted by Crippen LogP contribution is -2.21. The first kappa shape index (κ1) is 14.9. The highest BCUT2D eigenvalue weighted by Crippen LogP contribution is 2.29. The van der Waals surface area contributed by atoms with Crippen LogP contribution in [0.25, 0.3) is 0 Å². The summed E-state index contributed by atoms with van der Waals surface area (Å²) in [6.45, 7) is 2.12. The van der Waals surface area contributed by atoms with Crippen LogP contribution in [-0.2, 0) is 0 Å². The van der Waals surface area contributed by atoms with Gasteiger partial charge in [0.15, 0.2) is 0 Å². The summed E-state index contributed by atoms with van der Waals surface area (Å²) in [4.78, 5) is 2.15. The molecule has 0 amide bonds. The molecule has 2 aromatic rings. The van der Waals surface area contributed by atoms with E-state index in [9.17, 15) is 0 Å². The van der Waals surface area contributed by atoms with Gasteiger partial charge in [0, 0.05) is 22.2 Å². The minimum absolute atomic E-state index is 0.188. The second-order valence-electron chi connectivity index (χ2n) is 4.62. The van der Waals surface area contributed by atoms with Crippen molar-refractivity contribution in [3.63, 3.8) is 0 Å². The number of hydrogen-bond acceptors (Lipinski definition) is 2. The number of benzene rings is 2. The van der Waals surface area contributed by atoms with E-state index < -0.39 is 0 Å². The second kappa shape index (κ2) is 6.30. The van der Waals surface area contributed by atoms with Gasteiger partial charge in [0.25, 0.3) is 0 Å². The molecule has 0 aliphatic rings. The van der Waals surface area contributed by atoms with Gasteiger partial charge in [0.2, 0.25) is 0 Å². The van der Waals surface area contributed by atoms with Gasteiger partial charge in [-0.3, -0.25) is 0 Å². The molecule has 0 radical (unpaired) electrons. The molecule has 1 unspecified atom stereocenters. The molecule has 0 saturated heterocycles. The van der Waals surface area contributed by atoms with E-state index in [4.69, 9.17) is 16.9 Å². The predicted octanol–water partition coefficient (Wildman–Crippen LogP) is 5.17. The van der Waals surface area contributed by atoms with Crippen molar-refractivity contribution in [3.05, 3.63) is 63.1 Å². The molecule has 2 nitrogen and oxygen atoms in total. The summed E-state index contributed by atoms with van der Waals surface area (Å²) in [6.07, 6.45) is 0. The van der Waals surface area contributed by atoms with E-state index >= 15 is 0 Å². The maximum Gasteiger partial charge on any atom is 0.100 e. The molecule has 4 heteroatoms. The van der Waals surface area contributed by atoms with Crippen LogP contribution in [0.15, 0.2) is 46.9 Å². The number of hydrogen-bond donors (Lipinski definition) is 0. The van der Waals surface area contributed by atoms with Crippen LogP contribution in [0, 0.1) is 11.3 Å². The number of rotatable bonds is 3. The van der Waals surface area contributed by atoms with Crippen LogP contribution in [0.2, 0.25) is 5.02 Å². The second-order valence-corrected chi connectivity index (χ2v) is 5.91. The van der Waals surface area contributed by atoms with Gasteiger partial charge in [0.1, 0.15) is 6.07 Å². The summed E-state index contributed by atoms with van der Waals surface area (Å²) in [5.74, 6) is 0. The molecule has 0 aliphatic carbocycles. The third-order valence-electron chi connectivity index (χ3n) is 3.39. The topological polar surface area (TPSA) is 27.0 Å². The summed E-state index contributed by atoms with van der Waals surface area (Å²) >= 11 is 9.46. The van der Waals surface area contributed by atoms with Crippen LogP contribution >= 0.6 is 27.5 Å². The molecule has 0 fully saturated rings. The average Bonchev–Trinajstić information content (AvgIpc) is 2.45. The fourth-order valence-corrected chi connectivity index (χ4v) is 2.68.